The maximum Gasteiger partial charge on any atom is 0.243 e. The highest BCUT2D eigenvalue weighted by Crippen LogP contribution is 2.06. The summed E-state index contributed by atoms with van der Waals surface area (Å²) in [5.74, 6) is 0.703. The van der Waals surface area contributed by atoms with Gasteiger partial charge in [0, 0.05) is 12.7 Å². The second-order valence-electron chi connectivity index (χ2n) is 4.53. The van der Waals surface area contributed by atoms with Crippen LogP contribution in [0.3, 0.4) is 0 Å². The minimum absolute atomic E-state index is 0.703. The first-order valence-corrected chi connectivity index (χ1v) is 5.87. The molecule has 0 amide bonds. The van der Waals surface area contributed by atoms with Gasteiger partial charge in [-0.1, -0.05) is 6.07 Å². The van der Waals surface area contributed by atoms with Gasteiger partial charge in [0.2, 0.25) is 5.95 Å². The molecule has 0 bridgehead atoms. The summed E-state index contributed by atoms with van der Waals surface area (Å²) in [4.78, 5) is 6.57. The molecule has 0 unspecified atom stereocenters. The summed E-state index contributed by atoms with van der Waals surface area (Å²) in [5.41, 5.74) is 2.06. The quantitative estimate of drug-likeness (QED) is 0.793. The molecule has 2 aromatic heterocycles. The van der Waals surface area contributed by atoms with Gasteiger partial charge in [-0.25, -0.2) is 4.52 Å². The van der Waals surface area contributed by atoms with Crippen molar-refractivity contribution in [2.24, 2.45) is 0 Å². The Balaban J connectivity index is 1.95. The van der Waals surface area contributed by atoms with Crippen LogP contribution in [-0.2, 0) is 0 Å². The molecule has 5 heteroatoms. The number of rotatable bonds is 5. The third kappa shape index (κ3) is 3.17. The number of aryl methyl sites for hydroxylation is 1. The smallest absolute Gasteiger partial charge is 0.243 e. The third-order valence-corrected chi connectivity index (χ3v) is 2.54. The number of anilines is 1. The van der Waals surface area contributed by atoms with Crippen molar-refractivity contribution in [3.05, 3.63) is 23.9 Å². The zero-order valence-corrected chi connectivity index (χ0v) is 10.6. The molecule has 0 aromatic carbocycles. The van der Waals surface area contributed by atoms with Crippen LogP contribution in [-0.4, -0.2) is 46.7 Å². The standard InChI is InChI=1S/C12H19N5/c1-10-5-6-11-14-12(15-17(11)9-10)13-7-4-8-16(2)3/h5-6,9H,4,7-8H2,1-3H3,(H,13,15). The second-order valence-corrected chi connectivity index (χ2v) is 4.53. The highest BCUT2D eigenvalue weighted by molar-refractivity contribution is 5.43. The highest BCUT2D eigenvalue weighted by Gasteiger charge is 2.02. The lowest BCUT2D eigenvalue weighted by atomic mass is 10.3. The number of fused-ring (bicyclic) bond motifs is 1. The van der Waals surface area contributed by atoms with Crippen LogP contribution in [0.25, 0.3) is 5.65 Å². The fourth-order valence-corrected chi connectivity index (χ4v) is 1.66. The number of aromatic nitrogens is 3. The molecule has 0 saturated heterocycles. The molecule has 92 valence electrons. The van der Waals surface area contributed by atoms with Gasteiger partial charge in [-0.2, -0.15) is 4.98 Å². The molecule has 17 heavy (non-hydrogen) atoms. The zero-order chi connectivity index (χ0) is 12.3. The van der Waals surface area contributed by atoms with Crippen LogP contribution in [0.15, 0.2) is 18.3 Å². The van der Waals surface area contributed by atoms with Gasteiger partial charge in [0.05, 0.1) is 0 Å². The monoisotopic (exact) mass is 233 g/mol. The normalized spacial score (nSPS) is 11.3. The number of hydrogen-bond acceptors (Lipinski definition) is 4. The van der Waals surface area contributed by atoms with Gasteiger partial charge in [-0.05, 0) is 45.6 Å². The van der Waals surface area contributed by atoms with Crippen LogP contribution in [0, 0.1) is 6.92 Å². The van der Waals surface area contributed by atoms with E-state index in [-0.39, 0.29) is 0 Å². The molecule has 5 nitrogen and oxygen atoms in total. The van der Waals surface area contributed by atoms with E-state index in [2.05, 4.69) is 34.4 Å². The Labute approximate surface area is 101 Å². The molecular formula is C12H19N5. The van der Waals surface area contributed by atoms with Gasteiger partial charge in [0.1, 0.15) is 0 Å². The van der Waals surface area contributed by atoms with E-state index < -0.39 is 0 Å². The largest absolute Gasteiger partial charge is 0.353 e. The van der Waals surface area contributed by atoms with Gasteiger partial charge in [-0.15, -0.1) is 5.10 Å². The van der Waals surface area contributed by atoms with Crippen molar-refractivity contribution in [3.8, 4) is 0 Å². The molecule has 0 aliphatic rings. The summed E-state index contributed by atoms with van der Waals surface area (Å²) in [5, 5.41) is 7.61. The van der Waals surface area contributed by atoms with Crippen molar-refractivity contribution < 1.29 is 0 Å². The molecule has 0 aliphatic heterocycles. The van der Waals surface area contributed by atoms with E-state index in [1.54, 1.807) is 0 Å². The average Bonchev–Trinajstić information content (AvgIpc) is 2.66. The molecular weight excluding hydrogens is 214 g/mol. The highest BCUT2D eigenvalue weighted by atomic mass is 15.3. The maximum atomic E-state index is 4.40. The molecule has 0 aliphatic carbocycles. The third-order valence-electron chi connectivity index (χ3n) is 2.54. The summed E-state index contributed by atoms with van der Waals surface area (Å²) in [6.07, 6.45) is 3.06. The van der Waals surface area contributed by atoms with E-state index in [1.807, 2.05) is 29.8 Å². The summed E-state index contributed by atoms with van der Waals surface area (Å²) < 4.78 is 1.81. The van der Waals surface area contributed by atoms with E-state index in [4.69, 9.17) is 0 Å². The lowest BCUT2D eigenvalue weighted by Crippen LogP contribution is -2.16. The van der Waals surface area contributed by atoms with Crippen LogP contribution in [0.5, 0.6) is 0 Å². The Morgan fingerprint density at radius 2 is 2.18 bits per heavy atom. The predicted octanol–water partition coefficient (Wildman–Crippen LogP) is 1.40. The topological polar surface area (TPSA) is 45.5 Å². The molecule has 2 heterocycles. The molecule has 0 saturated carbocycles. The van der Waals surface area contributed by atoms with E-state index in [1.165, 1.54) is 5.56 Å². The van der Waals surface area contributed by atoms with Crippen LogP contribution in [0.2, 0.25) is 0 Å². The van der Waals surface area contributed by atoms with E-state index >= 15 is 0 Å². The number of pyridine rings is 1. The van der Waals surface area contributed by atoms with E-state index in [0.29, 0.717) is 5.95 Å². The number of hydrogen-bond donors (Lipinski definition) is 1. The fourth-order valence-electron chi connectivity index (χ4n) is 1.66. The van der Waals surface area contributed by atoms with Crippen LogP contribution < -0.4 is 5.32 Å². The molecule has 0 atom stereocenters. The van der Waals surface area contributed by atoms with Gasteiger partial charge in [0.25, 0.3) is 0 Å². The minimum atomic E-state index is 0.703. The molecule has 2 aromatic rings. The second kappa shape index (κ2) is 5.14. The number of nitrogens with one attached hydrogen (secondary N) is 1. The van der Waals surface area contributed by atoms with Gasteiger partial charge in [-0.3, -0.25) is 0 Å². The molecule has 2 rings (SSSR count). The molecule has 0 fully saturated rings. The lowest BCUT2D eigenvalue weighted by Gasteiger charge is -2.08. The zero-order valence-electron chi connectivity index (χ0n) is 10.6. The average molecular weight is 233 g/mol. The van der Waals surface area contributed by atoms with E-state index in [0.717, 1.165) is 25.2 Å². The van der Waals surface area contributed by atoms with E-state index in [9.17, 15) is 0 Å². The summed E-state index contributed by atoms with van der Waals surface area (Å²) in [6, 6.07) is 4.02. The first kappa shape index (κ1) is 11.9. The van der Waals surface area contributed by atoms with Crippen molar-refractivity contribution in [2.45, 2.75) is 13.3 Å². The Bertz CT molecular complexity index is 489. The summed E-state index contributed by atoms with van der Waals surface area (Å²) >= 11 is 0. The van der Waals surface area contributed by atoms with Crippen molar-refractivity contribution in [1.82, 2.24) is 19.5 Å². The Morgan fingerprint density at radius 3 is 2.94 bits per heavy atom. The fraction of sp³-hybridized carbons (Fsp3) is 0.500. The van der Waals surface area contributed by atoms with Gasteiger partial charge in [0.15, 0.2) is 5.65 Å². The SMILES string of the molecule is Cc1ccc2nc(NCCCN(C)C)nn2c1. The first-order chi connectivity index (χ1) is 8.15. The lowest BCUT2D eigenvalue weighted by molar-refractivity contribution is 0.405. The van der Waals surface area contributed by atoms with Crippen LogP contribution in [0.4, 0.5) is 5.95 Å². The predicted molar refractivity (Wildman–Crippen MR) is 69.4 cm³/mol. The van der Waals surface area contributed by atoms with Crippen molar-refractivity contribution in [2.75, 3.05) is 32.5 Å². The van der Waals surface area contributed by atoms with Crippen LogP contribution >= 0.6 is 0 Å². The van der Waals surface area contributed by atoms with Gasteiger partial charge < -0.3 is 10.2 Å². The van der Waals surface area contributed by atoms with Gasteiger partial charge >= 0.3 is 0 Å². The minimum Gasteiger partial charge on any atom is -0.353 e. The van der Waals surface area contributed by atoms with Crippen LogP contribution in [0.1, 0.15) is 12.0 Å². The molecule has 1 N–H and O–H groups in total. The van der Waals surface area contributed by atoms with Crippen molar-refractivity contribution >= 4 is 11.6 Å². The summed E-state index contributed by atoms with van der Waals surface area (Å²) in [6.45, 7) is 4.01. The maximum absolute atomic E-state index is 4.40. The molecule has 0 spiro atoms. The number of nitrogens with zero attached hydrogens (tertiary/aromatic N) is 4. The summed E-state index contributed by atoms with van der Waals surface area (Å²) in [7, 11) is 4.15. The van der Waals surface area contributed by atoms with Crippen molar-refractivity contribution in [3.63, 3.8) is 0 Å². The molecule has 0 radical (unpaired) electrons. The Hall–Kier alpha value is -1.62. The first-order valence-electron chi connectivity index (χ1n) is 5.87. The Kier molecular flexibility index (Phi) is 3.58. The van der Waals surface area contributed by atoms with Crippen molar-refractivity contribution in [1.29, 1.82) is 0 Å². The Morgan fingerprint density at radius 1 is 1.35 bits per heavy atom.